The maximum absolute atomic E-state index is 6.10. The molecule has 17 heavy (non-hydrogen) atoms. The molecule has 0 radical (unpaired) electrons. The number of aromatic nitrogens is 3. The minimum atomic E-state index is 0.632. The highest BCUT2D eigenvalue weighted by Gasteiger charge is 2.29. The van der Waals surface area contributed by atoms with Crippen molar-refractivity contribution in [2.75, 3.05) is 18.0 Å². The van der Waals surface area contributed by atoms with Gasteiger partial charge < -0.3 is 4.90 Å². The van der Waals surface area contributed by atoms with Gasteiger partial charge in [0.05, 0.1) is 5.02 Å². The number of hydrogen-bond acceptors (Lipinski definition) is 3. The van der Waals surface area contributed by atoms with E-state index in [4.69, 9.17) is 11.6 Å². The van der Waals surface area contributed by atoms with Crippen LogP contribution in [0, 0.1) is 5.92 Å². The van der Waals surface area contributed by atoms with Gasteiger partial charge in [-0.3, -0.25) is 4.68 Å². The minimum absolute atomic E-state index is 0.632. The third-order valence-electron chi connectivity index (χ3n) is 3.00. The van der Waals surface area contributed by atoms with Crippen LogP contribution in [-0.2, 0) is 6.54 Å². The lowest BCUT2D eigenvalue weighted by Gasteiger charge is -2.40. The Morgan fingerprint density at radius 3 is 2.88 bits per heavy atom. The predicted octanol–water partition coefficient (Wildman–Crippen LogP) is 2.07. The van der Waals surface area contributed by atoms with E-state index in [1.54, 1.807) is 6.20 Å². The average molecular weight is 249 g/mol. The van der Waals surface area contributed by atoms with Gasteiger partial charge in [-0.25, -0.2) is 4.98 Å². The minimum Gasteiger partial charge on any atom is -0.355 e. The van der Waals surface area contributed by atoms with E-state index in [2.05, 4.69) is 15.0 Å². The van der Waals surface area contributed by atoms with Crippen LogP contribution >= 0.6 is 11.6 Å². The fourth-order valence-electron chi connectivity index (χ4n) is 2.14. The van der Waals surface area contributed by atoms with Crippen LogP contribution in [0.25, 0.3) is 0 Å². The van der Waals surface area contributed by atoms with Crippen LogP contribution in [0.1, 0.15) is 0 Å². The largest absolute Gasteiger partial charge is 0.355 e. The van der Waals surface area contributed by atoms with E-state index in [1.807, 2.05) is 35.3 Å². The highest BCUT2D eigenvalue weighted by atomic mass is 35.5. The highest BCUT2D eigenvalue weighted by Crippen LogP contribution is 2.29. The van der Waals surface area contributed by atoms with Gasteiger partial charge in [0.1, 0.15) is 5.82 Å². The molecule has 3 heterocycles. The molecule has 2 aromatic heterocycles. The molecular weight excluding hydrogens is 236 g/mol. The number of hydrogen-bond donors (Lipinski definition) is 0. The summed E-state index contributed by atoms with van der Waals surface area (Å²) in [6.45, 7) is 2.96. The zero-order chi connectivity index (χ0) is 11.7. The van der Waals surface area contributed by atoms with E-state index in [9.17, 15) is 0 Å². The molecule has 88 valence electrons. The monoisotopic (exact) mass is 248 g/mol. The molecule has 0 unspecified atom stereocenters. The summed E-state index contributed by atoms with van der Waals surface area (Å²) in [6, 6.07) is 5.68. The van der Waals surface area contributed by atoms with Gasteiger partial charge in [-0.15, -0.1) is 0 Å². The van der Waals surface area contributed by atoms with Crippen molar-refractivity contribution in [3.05, 3.63) is 41.8 Å². The summed E-state index contributed by atoms with van der Waals surface area (Å²) in [4.78, 5) is 6.51. The Morgan fingerprint density at radius 2 is 2.18 bits per heavy atom. The first-order chi connectivity index (χ1) is 8.33. The Morgan fingerprint density at radius 1 is 1.29 bits per heavy atom. The quantitative estimate of drug-likeness (QED) is 0.834. The lowest BCUT2D eigenvalue weighted by atomic mass is 10.0. The molecule has 1 fully saturated rings. The molecule has 1 aliphatic rings. The summed E-state index contributed by atoms with van der Waals surface area (Å²) in [5, 5.41) is 4.94. The summed E-state index contributed by atoms with van der Waals surface area (Å²) >= 11 is 6.10. The van der Waals surface area contributed by atoms with Crippen LogP contribution in [0.15, 0.2) is 36.8 Å². The van der Waals surface area contributed by atoms with Crippen molar-refractivity contribution in [1.29, 1.82) is 0 Å². The van der Waals surface area contributed by atoms with Crippen molar-refractivity contribution in [3.8, 4) is 0 Å². The van der Waals surface area contributed by atoms with E-state index in [1.165, 1.54) is 0 Å². The van der Waals surface area contributed by atoms with E-state index in [0.29, 0.717) is 5.92 Å². The number of pyridine rings is 1. The zero-order valence-electron chi connectivity index (χ0n) is 9.33. The van der Waals surface area contributed by atoms with Crippen LogP contribution in [0.5, 0.6) is 0 Å². The first-order valence-electron chi connectivity index (χ1n) is 5.66. The fraction of sp³-hybridized carbons (Fsp3) is 0.333. The summed E-state index contributed by atoms with van der Waals surface area (Å²) in [5.41, 5.74) is 0. The van der Waals surface area contributed by atoms with E-state index < -0.39 is 0 Å². The number of halogens is 1. The van der Waals surface area contributed by atoms with Crippen molar-refractivity contribution in [2.24, 2.45) is 5.92 Å². The molecule has 0 amide bonds. The molecule has 0 aliphatic carbocycles. The average Bonchev–Trinajstić information content (AvgIpc) is 2.77. The third-order valence-corrected chi connectivity index (χ3v) is 3.30. The van der Waals surface area contributed by atoms with Crippen molar-refractivity contribution in [1.82, 2.24) is 14.8 Å². The molecule has 0 atom stereocenters. The molecule has 5 heteroatoms. The molecule has 0 N–H and O–H groups in total. The lowest BCUT2D eigenvalue weighted by Crippen LogP contribution is -2.49. The van der Waals surface area contributed by atoms with Crippen molar-refractivity contribution in [2.45, 2.75) is 6.54 Å². The topological polar surface area (TPSA) is 34.0 Å². The second-order valence-corrected chi connectivity index (χ2v) is 4.72. The summed E-state index contributed by atoms with van der Waals surface area (Å²) in [5.74, 6) is 1.53. The normalized spacial score (nSPS) is 15.9. The maximum atomic E-state index is 6.10. The molecule has 0 aromatic carbocycles. The van der Waals surface area contributed by atoms with E-state index in [0.717, 1.165) is 30.5 Å². The maximum Gasteiger partial charge on any atom is 0.147 e. The Kier molecular flexibility index (Phi) is 2.73. The van der Waals surface area contributed by atoms with Crippen LogP contribution in [0.2, 0.25) is 5.02 Å². The summed E-state index contributed by atoms with van der Waals surface area (Å²) in [6.07, 6.45) is 5.59. The van der Waals surface area contributed by atoms with Crippen LogP contribution in [0.4, 0.5) is 5.82 Å². The molecule has 0 saturated carbocycles. The van der Waals surface area contributed by atoms with E-state index >= 15 is 0 Å². The van der Waals surface area contributed by atoms with E-state index in [-0.39, 0.29) is 0 Å². The molecule has 1 saturated heterocycles. The third kappa shape index (κ3) is 2.13. The van der Waals surface area contributed by atoms with Crippen LogP contribution in [-0.4, -0.2) is 27.9 Å². The Hall–Kier alpha value is -1.55. The van der Waals surface area contributed by atoms with Gasteiger partial charge in [0.15, 0.2) is 0 Å². The zero-order valence-corrected chi connectivity index (χ0v) is 10.1. The Bertz CT molecular complexity index is 491. The Labute approximate surface area is 105 Å². The fourth-order valence-corrected chi connectivity index (χ4v) is 2.38. The van der Waals surface area contributed by atoms with Gasteiger partial charge >= 0.3 is 0 Å². The SMILES string of the molecule is Clc1cccnc1N1CC(Cn2cccn2)C1. The molecule has 2 aromatic rings. The first-order valence-corrected chi connectivity index (χ1v) is 6.03. The number of nitrogens with zero attached hydrogens (tertiary/aromatic N) is 4. The second kappa shape index (κ2) is 4.37. The van der Waals surface area contributed by atoms with Crippen molar-refractivity contribution >= 4 is 17.4 Å². The second-order valence-electron chi connectivity index (χ2n) is 4.31. The molecule has 0 spiro atoms. The van der Waals surface area contributed by atoms with Gasteiger partial charge in [0.2, 0.25) is 0 Å². The van der Waals surface area contributed by atoms with Crippen molar-refractivity contribution in [3.63, 3.8) is 0 Å². The Balaban J connectivity index is 1.60. The molecule has 1 aliphatic heterocycles. The molecule has 0 bridgehead atoms. The lowest BCUT2D eigenvalue weighted by molar-refractivity contribution is 0.340. The van der Waals surface area contributed by atoms with Gasteiger partial charge in [0, 0.05) is 44.1 Å². The van der Waals surface area contributed by atoms with Gasteiger partial charge in [0.25, 0.3) is 0 Å². The van der Waals surface area contributed by atoms with Gasteiger partial charge in [-0.05, 0) is 18.2 Å². The predicted molar refractivity (Wildman–Crippen MR) is 67.2 cm³/mol. The smallest absolute Gasteiger partial charge is 0.147 e. The van der Waals surface area contributed by atoms with Gasteiger partial charge in [-0.1, -0.05) is 11.6 Å². The summed E-state index contributed by atoms with van der Waals surface area (Å²) < 4.78 is 1.97. The van der Waals surface area contributed by atoms with Crippen LogP contribution in [0.3, 0.4) is 0 Å². The number of anilines is 1. The van der Waals surface area contributed by atoms with Crippen molar-refractivity contribution < 1.29 is 0 Å². The molecule has 3 rings (SSSR count). The summed E-state index contributed by atoms with van der Waals surface area (Å²) in [7, 11) is 0. The highest BCUT2D eigenvalue weighted by molar-refractivity contribution is 6.32. The van der Waals surface area contributed by atoms with Gasteiger partial charge in [-0.2, -0.15) is 5.10 Å². The molecule has 4 nitrogen and oxygen atoms in total. The molecular formula is C12H13ClN4. The number of rotatable bonds is 3. The first kappa shape index (κ1) is 10.6. The standard InChI is InChI=1S/C12H13ClN4/c13-11-3-1-4-14-12(11)16-7-10(8-16)9-17-6-2-5-15-17/h1-6,10H,7-9H2. The van der Waals surface area contributed by atoms with Crippen LogP contribution < -0.4 is 4.90 Å².